The van der Waals surface area contributed by atoms with E-state index in [2.05, 4.69) is 14.9 Å². The standard InChI is InChI=1S/C14H17N3OS/c1-11-4-7-15-13(16-11)17-8-5-14(18,6-9-17)12-3-2-10-19-12/h2-4,7,10,18H,5-6,8-9H2,1H3. The van der Waals surface area contributed by atoms with Crippen LogP contribution in [0.5, 0.6) is 0 Å². The molecule has 1 saturated heterocycles. The minimum absolute atomic E-state index is 0.672. The molecule has 0 bridgehead atoms. The number of aryl methyl sites for hydroxylation is 1. The van der Waals surface area contributed by atoms with Gasteiger partial charge in [-0.2, -0.15) is 0 Å². The summed E-state index contributed by atoms with van der Waals surface area (Å²) in [4.78, 5) is 12.0. The normalized spacial score (nSPS) is 18.5. The predicted octanol–water partition coefficient (Wildman–Crippen LogP) is 2.33. The Kier molecular flexibility index (Phi) is 3.24. The Hall–Kier alpha value is -1.46. The zero-order valence-electron chi connectivity index (χ0n) is 10.9. The van der Waals surface area contributed by atoms with E-state index in [-0.39, 0.29) is 0 Å². The zero-order valence-corrected chi connectivity index (χ0v) is 11.7. The molecule has 0 spiro atoms. The van der Waals surface area contributed by atoms with Gasteiger partial charge in [-0.05, 0) is 37.3 Å². The van der Waals surface area contributed by atoms with E-state index in [1.807, 2.05) is 30.5 Å². The maximum Gasteiger partial charge on any atom is 0.225 e. The quantitative estimate of drug-likeness (QED) is 0.914. The fraction of sp³-hybridized carbons (Fsp3) is 0.429. The molecule has 5 heteroatoms. The Morgan fingerprint density at radius 1 is 1.32 bits per heavy atom. The van der Waals surface area contributed by atoms with Crippen LogP contribution in [0.2, 0.25) is 0 Å². The molecular weight excluding hydrogens is 258 g/mol. The number of piperidine rings is 1. The van der Waals surface area contributed by atoms with Crippen LogP contribution in [-0.2, 0) is 5.60 Å². The summed E-state index contributed by atoms with van der Waals surface area (Å²) < 4.78 is 0. The maximum absolute atomic E-state index is 10.7. The number of anilines is 1. The largest absolute Gasteiger partial charge is 0.384 e. The van der Waals surface area contributed by atoms with Crippen molar-refractivity contribution in [1.29, 1.82) is 0 Å². The van der Waals surface area contributed by atoms with E-state index in [0.717, 1.165) is 42.5 Å². The van der Waals surface area contributed by atoms with Gasteiger partial charge in [0.15, 0.2) is 0 Å². The maximum atomic E-state index is 10.7. The Morgan fingerprint density at radius 2 is 2.11 bits per heavy atom. The minimum atomic E-state index is -0.672. The van der Waals surface area contributed by atoms with Gasteiger partial charge in [-0.15, -0.1) is 11.3 Å². The average Bonchev–Trinajstić information content (AvgIpc) is 2.94. The lowest BCUT2D eigenvalue weighted by Crippen LogP contribution is -2.42. The molecule has 0 saturated carbocycles. The van der Waals surface area contributed by atoms with Crippen molar-refractivity contribution >= 4 is 17.3 Å². The molecule has 4 nitrogen and oxygen atoms in total. The van der Waals surface area contributed by atoms with Crippen molar-refractivity contribution in [2.45, 2.75) is 25.4 Å². The molecule has 3 heterocycles. The van der Waals surface area contributed by atoms with E-state index in [9.17, 15) is 5.11 Å². The van der Waals surface area contributed by atoms with Crippen LogP contribution in [0.1, 0.15) is 23.4 Å². The molecule has 1 aliphatic rings. The SMILES string of the molecule is Cc1ccnc(N2CCC(O)(c3cccs3)CC2)n1. The number of thiophene rings is 1. The Bertz CT molecular complexity index is 548. The van der Waals surface area contributed by atoms with Gasteiger partial charge >= 0.3 is 0 Å². The van der Waals surface area contributed by atoms with E-state index in [0.29, 0.717) is 0 Å². The third-order valence-corrected chi connectivity index (χ3v) is 4.70. The molecule has 0 aliphatic carbocycles. The fourth-order valence-electron chi connectivity index (χ4n) is 2.45. The van der Waals surface area contributed by atoms with Crippen molar-refractivity contribution in [1.82, 2.24) is 9.97 Å². The highest BCUT2D eigenvalue weighted by Crippen LogP contribution is 2.36. The Morgan fingerprint density at radius 3 is 2.74 bits per heavy atom. The lowest BCUT2D eigenvalue weighted by molar-refractivity contribution is 0.0151. The van der Waals surface area contributed by atoms with Gasteiger partial charge in [0.2, 0.25) is 5.95 Å². The van der Waals surface area contributed by atoms with Crippen LogP contribution in [0.4, 0.5) is 5.95 Å². The molecule has 100 valence electrons. The number of aliphatic hydroxyl groups is 1. The van der Waals surface area contributed by atoms with E-state index in [1.165, 1.54) is 0 Å². The number of nitrogens with zero attached hydrogens (tertiary/aromatic N) is 3. The van der Waals surface area contributed by atoms with Crippen LogP contribution in [0.15, 0.2) is 29.8 Å². The fourth-order valence-corrected chi connectivity index (χ4v) is 3.34. The molecule has 1 aliphatic heterocycles. The van der Waals surface area contributed by atoms with Crippen LogP contribution in [0, 0.1) is 6.92 Å². The zero-order chi connectivity index (χ0) is 13.3. The third-order valence-electron chi connectivity index (χ3n) is 3.64. The summed E-state index contributed by atoms with van der Waals surface area (Å²) in [6.07, 6.45) is 3.24. The van der Waals surface area contributed by atoms with Gasteiger partial charge in [-0.1, -0.05) is 6.07 Å². The Balaban J connectivity index is 1.73. The highest BCUT2D eigenvalue weighted by atomic mass is 32.1. The molecule has 0 unspecified atom stereocenters. The second kappa shape index (κ2) is 4.90. The number of aromatic nitrogens is 2. The molecule has 3 rings (SSSR count). The molecule has 2 aromatic heterocycles. The topological polar surface area (TPSA) is 49.2 Å². The van der Waals surface area contributed by atoms with Gasteiger partial charge in [-0.3, -0.25) is 0 Å². The van der Waals surface area contributed by atoms with Crippen LogP contribution >= 0.6 is 11.3 Å². The third kappa shape index (κ3) is 2.48. The van der Waals surface area contributed by atoms with Gasteiger partial charge in [0, 0.05) is 29.9 Å². The number of hydrogen-bond donors (Lipinski definition) is 1. The van der Waals surface area contributed by atoms with Crippen LogP contribution in [0.3, 0.4) is 0 Å². The van der Waals surface area contributed by atoms with Crippen molar-refractivity contribution in [2.24, 2.45) is 0 Å². The summed E-state index contributed by atoms with van der Waals surface area (Å²) in [6, 6.07) is 5.91. The molecule has 1 N–H and O–H groups in total. The molecule has 2 aromatic rings. The molecule has 0 radical (unpaired) electrons. The first-order valence-corrected chi connectivity index (χ1v) is 7.36. The van der Waals surface area contributed by atoms with Crippen LogP contribution in [0.25, 0.3) is 0 Å². The number of hydrogen-bond acceptors (Lipinski definition) is 5. The minimum Gasteiger partial charge on any atom is -0.384 e. The highest BCUT2D eigenvalue weighted by molar-refractivity contribution is 7.10. The lowest BCUT2D eigenvalue weighted by Gasteiger charge is -2.37. The monoisotopic (exact) mass is 275 g/mol. The van der Waals surface area contributed by atoms with E-state index >= 15 is 0 Å². The van der Waals surface area contributed by atoms with E-state index < -0.39 is 5.60 Å². The van der Waals surface area contributed by atoms with E-state index in [1.54, 1.807) is 17.5 Å². The van der Waals surface area contributed by atoms with Gasteiger partial charge in [0.25, 0.3) is 0 Å². The predicted molar refractivity (Wildman–Crippen MR) is 76.4 cm³/mol. The summed E-state index contributed by atoms with van der Waals surface area (Å²) in [7, 11) is 0. The summed E-state index contributed by atoms with van der Waals surface area (Å²) >= 11 is 1.63. The Labute approximate surface area is 116 Å². The van der Waals surface area contributed by atoms with Gasteiger partial charge in [-0.25, -0.2) is 9.97 Å². The first kappa shape index (κ1) is 12.6. The van der Waals surface area contributed by atoms with Crippen molar-refractivity contribution < 1.29 is 5.11 Å². The summed E-state index contributed by atoms with van der Waals surface area (Å²) in [6.45, 7) is 3.55. The first-order valence-electron chi connectivity index (χ1n) is 6.48. The second-order valence-corrected chi connectivity index (χ2v) is 5.94. The van der Waals surface area contributed by atoms with Crippen molar-refractivity contribution in [3.8, 4) is 0 Å². The summed E-state index contributed by atoms with van der Waals surface area (Å²) in [5.41, 5.74) is 0.304. The molecule has 1 fully saturated rings. The summed E-state index contributed by atoms with van der Waals surface area (Å²) in [5.74, 6) is 0.772. The molecule has 19 heavy (non-hydrogen) atoms. The van der Waals surface area contributed by atoms with Crippen molar-refractivity contribution in [3.05, 3.63) is 40.3 Å². The molecule has 0 aromatic carbocycles. The molecule has 0 atom stereocenters. The molecule has 0 amide bonds. The van der Waals surface area contributed by atoms with Crippen molar-refractivity contribution in [3.63, 3.8) is 0 Å². The average molecular weight is 275 g/mol. The highest BCUT2D eigenvalue weighted by Gasteiger charge is 2.35. The van der Waals surface area contributed by atoms with E-state index in [4.69, 9.17) is 0 Å². The summed E-state index contributed by atoms with van der Waals surface area (Å²) in [5, 5.41) is 12.7. The first-order chi connectivity index (χ1) is 9.17. The van der Waals surface area contributed by atoms with Gasteiger partial charge in [0.1, 0.15) is 5.60 Å². The van der Waals surface area contributed by atoms with Crippen molar-refractivity contribution in [2.75, 3.05) is 18.0 Å². The van der Waals surface area contributed by atoms with Gasteiger partial charge < -0.3 is 10.0 Å². The second-order valence-electron chi connectivity index (χ2n) is 4.99. The number of rotatable bonds is 2. The van der Waals surface area contributed by atoms with Crippen LogP contribution < -0.4 is 4.90 Å². The van der Waals surface area contributed by atoms with Crippen LogP contribution in [-0.4, -0.2) is 28.2 Å². The molecular formula is C14H17N3OS. The smallest absolute Gasteiger partial charge is 0.225 e. The lowest BCUT2D eigenvalue weighted by atomic mass is 9.90. The van der Waals surface area contributed by atoms with Gasteiger partial charge in [0.05, 0.1) is 0 Å².